The molecule has 0 bridgehead atoms. The van der Waals surface area contributed by atoms with Gasteiger partial charge in [0.05, 0.1) is 5.69 Å². The highest BCUT2D eigenvalue weighted by atomic mass is 32.2. The minimum Gasteiger partial charge on any atom is -0.375 e. The molecular weight excluding hydrogens is 252 g/mol. The quantitative estimate of drug-likeness (QED) is 0.845. The summed E-state index contributed by atoms with van der Waals surface area (Å²) in [5.74, 6) is 0.117. The Morgan fingerprint density at radius 2 is 2.31 bits per heavy atom. The molecule has 0 unspecified atom stereocenters. The van der Waals surface area contributed by atoms with Crippen LogP contribution < -0.4 is 10.5 Å². The zero-order valence-electron chi connectivity index (χ0n) is 8.17. The first-order valence-corrected chi connectivity index (χ1v) is 6.45. The Bertz CT molecular complexity index is 587. The smallest absolute Gasteiger partial charge is 0.274 e. The summed E-state index contributed by atoms with van der Waals surface area (Å²) in [5.41, 5.74) is 5.79. The lowest BCUT2D eigenvalue weighted by atomic mass is 10.6. The summed E-state index contributed by atoms with van der Waals surface area (Å²) in [7, 11) is -3.69. The first-order valence-electron chi connectivity index (χ1n) is 4.15. The second-order valence-corrected chi connectivity index (χ2v) is 5.82. The summed E-state index contributed by atoms with van der Waals surface area (Å²) in [6, 6.07) is 1.40. The third-order valence-electron chi connectivity index (χ3n) is 1.69. The molecular formula is C7H8N4O3S2. The van der Waals surface area contributed by atoms with E-state index < -0.39 is 10.0 Å². The van der Waals surface area contributed by atoms with Crippen molar-refractivity contribution in [2.75, 3.05) is 10.5 Å². The molecule has 0 radical (unpaired) electrons. The molecule has 0 aliphatic rings. The number of hydrogen-bond acceptors (Lipinski definition) is 7. The van der Waals surface area contributed by atoms with Gasteiger partial charge in [0.25, 0.3) is 10.0 Å². The molecule has 2 rings (SSSR count). The molecule has 86 valence electrons. The highest BCUT2D eigenvalue weighted by molar-refractivity contribution is 7.94. The first-order chi connectivity index (χ1) is 7.49. The Kier molecular flexibility index (Phi) is 2.56. The molecule has 2 heterocycles. The average molecular weight is 260 g/mol. The predicted octanol–water partition coefficient (Wildman–Crippen LogP) is 0.823. The molecule has 0 fully saturated rings. The molecule has 0 aliphatic carbocycles. The largest absolute Gasteiger partial charge is 0.375 e. The van der Waals surface area contributed by atoms with E-state index in [9.17, 15) is 8.42 Å². The van der Waals surface area contributed by atoms with E-state index in [2.05, 4.69) is 19.4 Å². The van der Waals surface area contributed by atoms with Crippen molar-refractivity contribution in [3.63, 3.8) is 0 Å². The fraction of sp³-hybridized carbons (Fsp3) is 0.143. The van der Waals surface area contributed by atoms with Crippen LogP contribution in [0.15, 0.2) is 21.1 Å². The fourth-order valence-corrected chi connectivity index (χ4v) is 3.39. The van der Waals surface area contributed by atoms with E-state index in [0.717, 1.165) is 11.3 Å². The van der Waals surface area contributed by atoms with Gasteiger partial charge in [-0.1, -0.05) is 16.5 Å². The zero-order valence-corrected chi connectivity index (χ0v) is 9.80. The van der Waals surface area contributed by atoms with Crippen LogP contribution in [-0.4, -0.2) is 18.6 Å². The van der Waals surface area contributed by atoms with E-state index >= 15 is 0 Å². The topological polar surface area (TPSA) is 111 Å². The second-order valence-electron chi connectivity index (χ2n) is 2.92. The van der Waals surface area contributed by atoms with Crippen LogP contribution in [0.25, 0.3) is 0 Å². The van der Waals surface area contributed by atoms with Gasteiger partial charge in [0.2, 0.25) is 0 Å². The van der Waals surface area contributed by atoms with E-state index in [1.165, 1.54) is 12.3 Å². The number of aromatic nitrogens is 2. The maximum atomic E-state index is 11.9. The molecule has 16 heavy (non-hydrogen) atoms. The zero-order chi connectivity index (χ0) is 11.8. The van der Waals surface area contributed by atoms with Crippen molar-refractivity contribution in [1.29, 1.82) is 0 Å². The van der Waals surface area contributed by atoms with Gasteiger partial charge < -0.3 is 10.3 Å². The SMILES string of the molecule is Cc1nc(N)sc1S(=O)(=O)Nc1ccon1. The Hall–Kier alpha value is -1.61. The first kappa shape index (κ1) is 10.9. The van der Waals surface area contributed by atoms with Crippen LogP contribution in [0.4, 0.5) is 10.9 Å². The number of nitrogens with two attached hydrogens (primary N) is 1. The summed E-state index contributed by atoms with van der Waals surface area (Å²) in [5, 5.41) is 3.66. The van der Waals surface area contributed by atoms with Gasteiger partial charge in [-0.3, -0.25) is 4.72 Å². The maximum Gasteiger partial charge on any atom is 0.274 e. The standard InChI is InChI=1S/C7H8N4O3S2/c1-4-6(15-7(8)9-4)16(12,13)11-5-2-3-14-10-5/h2-3H,1H3,(H2,8,9)(H,10,11). The van der Waals surface area contributed by atoms with Gasteiger partial charge in [0.1, 0.15) is 6.26 Å². The number of rotatable bonds is 3. The van der Waals surface area contributed by atoms with E-state index in [1.54, 1.807) is 6.92 Å². The number of nitrogens with one attached hydrogen (secondary N) is 1. The number of hydrogen-bond donors (Lipinski definition) is 2. The number of thiazole rings is 1. The molecule has 0 atom stereocenters. The minimum atomic E-state index is -3.69. The lowest BCUT2D eigenvalue weighted by Gasteiger charge is -2.01. The van der Waals surface area contributed by atoms with Crippen LogP contribution in [0.3, 0.4) is 0 Å². The molecule has 7 nitrogen and oxygen atoms in total. The Morgan fingerprint density at radius 1 is 1.56 bits per heavy atom. The Balaban J connectivity index is 2.36. The molecule has 3 N–H and O–H groups in total. The number of nitrogens with zero attached hydrogens (tertiary/aromatic N) is 2. The molecule has 0 saturated heterocycles. The third kappa shape index (κ3) is 1.99. The van der Waals surface area contributed by atoms with Gasteiger partial charge in [0.15, 0.2) is 15.2 Å². The van der Waals surface area contributed by atoms with Crippen molar-refractivity contribution in [3.05, 3.63) is 18.0 Å². The highest BCUT2D eigenvalue weighted by Gasteiger charge is 2.22. The summed E-state index contributed by atoms with van der Waals surface area (Å²) < 4.78 is 30.6. The maximum absolute atomic E-state index is 11.9. The van der Waals surface area contributed by atoms with Crippen molar-refractivity contribution >= 4 is 32.3 Å². The molecule has 0 aliphatic heterocycles. The summed E-state index contributed by atoms with van der Waals surface area (Å²) in [6.07, 6.45) is 1.27. The molecule has 0 amide bonds. The average Bonchev–Trinajstić information content (AvgIpc) is 2.75. The van der Waals surface area contributed by atoms with Crippen LogP contribution in [0.2, 0.25) is 0 Å². The normalized spacial score (nSPS) is 11.6. The van der Waals surface area contributed by atoms with E-state index in [-0.39, 0.29) is 15.2 Å². The molecule has 0 spiro atoms. The summed E-state index contributed by atoms with van der Waals surface area (Å²) in [6.45, 7) is 1.57. The molecule has 2 aromatic rings. The second kappa shape index (κ2) is 3.76. The van der Waals surface area contributed by atoms with E-state index in [0.29, 0.717) is 5.69 Å². The van der Waals surface area contributed by atoms with Crippen molar-refractivity contribution in [3.8, 4) is 0 Å². The van der Waals surface area contributed by atoms with Crippen LogP contribution in [0.5, 0.6) is 0 Å². The number of nitrogen functional groups attached to an aromatic ring is 1. The monoisotopic (exact) mass is 260 g/mol. The van der Waals surface area contributed by atoms with Crippen LogP contribution in [0.1, 0.15) is 5.69 Å². The third-order valence-corrected chi connectivity index (χ3v) is 4.64. The van der Waals surface area contributed by atoms with Gasteiger partial charge >= 0.3 is 0 Å². The Labute approximate surface area is 95.3 Å². The van der Waals surface area contributed by atoms with E-state index in [4.69, 9.17) is 5.73 Å². The van der Waals surface area contributed by atoms with Crippen molar-refractivity contribution < 1.29 is 12.9 Å². The van der Waals surface area contributed by atoms with Crippen LogP contribution >= 0.6 is 11.3 Å². The summed E-state index contributed by atoms with van der Waals surface area (Å²) >= 11 is 0.901. The van der Waals surface area contributed by atoms with Gasteiger partial charge in [-0.2, -0.15) is 0 Å². The van der Waals surface area contributed by atoms with Crippen LogP contribution in [0, 0.1) is 6.92 Å². The van der Waals surface area contributed by atoms with Crippen LogP contribution in [-0.2, 0) is 10.0 Å². The highest BCUT2D eigenvalue weighted by Crippen LogP contribution is 2.26. The molecule has 9 heteroatoms. The van der Waals surface area contributed by atoms with Crippen molar-refractivity contribution in [1.82, 2.24) is 10.1 Å². The molecule has 0 saturated carbocycles. The Morgan fingerprint density at radius 3 is 2.81 bits per heavy atom. The minimum absolute atomic E-state index is 0.0769. The van der Waals surface area contributed by atoms with Crippen molar-refractivity contribution in [2.24, 2.45) is 0 Å². The number of anilines is 2. The van der Waals surface area contributed by atoms with Gasteiger partial charge in [-0.25, -0.2) is 13.4 Å². The van der Waals surface area contributed by atoms with Gasteiger partial charge in [-0.05, 0) is 6.92 Å². The number of aryl methyl sites for hydroxylation is 1. The van der Waals surface area contributed by atoms with Gasteiger partial charge in [-0.15, -0.1) is 0 Å². The summed E-state index contributed by atoms with van der Waals surface area (Å²) in [4.78, 5) is 3.84. The van der Waals surface area contributed by atoms with E-state index in [1.807, 2.05) is 0 Å². The lowest BCUT2D eigenvalue weighted by Crippen LogP contribution is -2.12. The molecule has 2 aromatic heterocycles. The fourth-order valence-electron chi connectivity index (χ4n) is 1.10. The number of sulfonamides is 1. The van der Waals surface area contributed by atoms with Crippen molar-refractivity contribution in [2.45, 2.75) is 11.1 Å². The predicted molar refractivity (Wildman–Crippen MR) is 58.6 cm³/mol. The van der Waals surface area contributed by atoms with Gasteiger partial charge in [0, 0.05) is 6.07 Å². The molecule has 0 aromatic carbocycles. The lowest BCUT2D eigenvalue weighted by molar-refractivity contribution is 0.423.